The zero-order valence-electron chi connectivity index (χ0n) is 6.71. The van der Waals surface area contributed by atoms with E-state index in [9.17, 15) is 0 Å². The quantitative estimate of drug-likeness (QED) is 0.666. The molecule has 0 saturated heterocycles. The number of hydrogen-bond acceptors (Lipinski definition) is 2. The Hall–Kier alpha value is -0.860. The normalized spacial score (nSPS) is 10.0. The van der Waals surface area contributed by atoms with E-state index in [0.29, 0.717) is 6.61 Å². The Morgan fingerprint density at radius 2 is 1.91 bits per heavy atom. The van der Waals surface area contributed by atoms with Crippen LogP contribution in [0.25, 0.3) is 0 Å². The van der Waals surface area contributed by atoms with Gasteiger partial charge in [-0.15, -0.1) is 0 Å². The van der Waals surface area contributed by atoms with Crippen molar-refractivity contribution < 1.29 is 4.84 Å². The number of aryl methyl sites for hydroxylation is 1. The lowest BCUT2D eigenvalue weighted by Crippen LogP contribution is -2.01. The smallest absolute Gasteiger partial charge is 0.0932 e. The van der Waals surface area contributed by atoms with Crippen molar-refractivity contribution in [1.29, 1.82) is 0 Å². The van der Waals surface area contributed by atoms with Crippen LogP contribution in [0.3, 0.4) is 0 Å². The molecule has 0 saturated carbocycles. The molecule has 60 valence electrons. The molecule has 2 N–H and O–H groups in total. The summed E-state index contributed by atoms with van der Waals surface area (Å²) in [6, 6.07) is 8.15. The predicted octanol–water partition coefficient (Wildman–Crippen LogP) is 1.64. The van der Waals surface area contributed by atoms with Crippen molar-refractivity contribution in [1.82, 2.24) is 0 Å². The first-order valence-electron chi connectivity index (χ1n) is 3.77. The SMILES string of the molecule is CCc1ccccc1CON. The molecule has 11 heavy (non-hydrogen) atoms. The average Bonchev–Trinajstić information content (AvgIpc) is 2.06. The summed E-state index contributed by atoms with van der Waals surface area (Å²) in [6.45, 7) is 2.62. The summed E-state index contributed by atoms with van der Waals surface area (Å²) >= 11 is 0. The van der Waals surface area contributed by atoms with Gasteiger partial charge in [0.05, 0.1) is 6.61 Å². The molecule has 0 radical (unpaired) electrons. The van der Waals surface area contributed by atoms with Crippen LogP contribution >= 0.6 is 0 Å². The zero-order chi connectivity index (χ0) is 8.10. The van der Waals surface area contributed by atoms with Crippen molar-refractivity contribution in [2.75, 3.05) is 0 Å². The van der Waals surface area contributed by atoms with Crippen LogP contribution in [-0.2, 0) is 17.9 Å². The molecule has 0 unspecified atom stereocenters. The van der Waals surface area contributed by atoms with Gasteiger partial charge >= 0.3 is 0 Å². The fraction of sp³-hybridized carbons (Fsp3) is 0.333. The Balaban J connectivity index is 2.83. The van der Waals surface area contributed by atoms with Gasteiger partial charge in [0.2, 0.25) is 0 Å². The summed E-state index contributed by atoms with van der Waals surface area (Å²) in [5.41, 5.74) is 2.48. The van der Waals surface area contributed by atoms with Crippen LogP contribution in [0.5, 0.6) is 0 Å². The lowest BCUT2D eigenvalue weighted by Gasteiger charge is -2.04. The molecule has 0 atom stereocenters. The first-order chi connectivity index (χ1) is 5.38. The first kappa shape index (κ1) is 8.24. The van der Waals surface area contributed by atoms with Gasteiger partial charge in [-0.2, -0.15) is 0 Å². The summed E-state index contributed by atoms with van der Waals surface area (Å²) in [5, 5.41) is 0. The third kappa shape index (κ3) is 2.03. The van der Waals surface area contributed by atoms with Gasteiger partial charge in [0.1, 0.15) is 0 Å². The summed E-state index contributed by atoms with van der Waals surface area (Å²) in [7, 11) is 0. The van der Waals surface area contributed by atoms with Crippen LogP contribution in [0, 0.1) is 0 Å². The second kappa shape index (κ2) is 4.11. The Kier molecular flexibility index (Phi) is 3.08. The van der Waals surface area contributed by atoms with Crippen LogP contribution in [0.4, 0.5) is 0 Å². The number of nitrogens with two attached hydrogens (primary N) is 1. The monoisotopic (exact) mass is 151 g/mol. The number of benzene rings is 1. The molecule has 2 heteroatoms. The van der Waals surface area contributed by atoms with E-state index >= 15 is 0 Å². The highest BCUT2D eigenvalue weighted by atomic mass is 16.6. The van der Waals surface area contributed by atoms with Gasteiger partial charge in [0.15, 0.2) is 0 Å². The minimum absolute atomic E-state index is 0.504. The van der Waals surface area contributed by atoms with Crippen LogP contribution in [-0.4, -0.2) is 0 Å². The molecule has 0 heterocycles. The van der Waals surface area contributed by atoms with E-state index in [0.717, 1.165) is 6.42 Å². The van der Waals surface area contributed by atoms with Crippen molar-refractivity contribution in [2.24, 2.45) is 5.90 Å². The second-order valence-corrected chi connectivity index (χ2v) is 2.43. The third-order valence-corrected chi connectivity index (χ3v) is 1.74. The summed E-state index contributed by atoms with van der Waals surface area (Å²) in [6.07, 6.45) is 1.03. The molecule has 2 nitrogen and oxygen atoms in total. The van der Waals surface area contributed by atoms with Gasteiger partial charge in [-0.05, 0) is 17.5 Å². The Bertz CT molecular complexity index is 223. The summed E-state index contributed by atoms with van der Waals surface area (Å²) in [5.74, 6) is 4.98. The Morgan fingerprint density at radius 1 is 1.27 bits per heavy atom. The summed E-state index contributed by atoms with van der Waals surface area (Å²) in [4.78, 5) is 4.57. The Labute approximate surface area is 66.9 Å². The van der Waals surface area contributed by atoms with E-state index in [-0.39, 0.29) is 0 Å². The molecule has 0 aliphatic carbocycles. The van der Waals surface area contributed by atoms with Crippen LogP contribution in [0.2, 0.25) is 0 Å². The van der Waals surface area contributed by atoms with E-state index in [4.69, 9.17) is 5.90 Å². The molecule has 1 aromatic carbocycles. The fourth-order valence-corrected chi connectivity index (χ4v) is 1.13. The van der Waals surface area contributed by atoms with Gasteiger partial charge in [0.25, 0.3) is 0 Å². The maximum atomic E-state index is 4.98. The van der Waals surface area contributed by atoms with E-state index in [2.05, 4.69) is 17.8 Å². The number of rotatable bonds is 3. The van der Waals surface area contributed by atoms with Crippen LogP contribution in [0.15, 0.2) is 24.3 Å². The fourth-order valence-electron chi connectivity index (χ4n) is 1.13. The molecule has 0 aliphatic heterocycles. The highest BCUT2D eigenvalue weighted by Crippen LogP contribution is 2.09. The molecule has 0 aromatic heterocycles. The van der Waals surface area contributed by atoms with Crippen LogP contribution in [0.1, 0.15) is 18.1 Å². The largest absolute Gasteiger partial charge is 0.300 e. The van der Waals surface area contributed by atoms with E-state index in [1.807, 2.05) is 18.2 Å². The predicted molar refractivity (Wildman–Crippen MR) is 44.8 cm³/mol. The van der Waals surface area contributed by atoms with Gasteiger partial charge in [-0.3, -0.25) is 4.84 Å². The van der Waals surface area contributed by atoms with E-state index < -0.39 is 0 Å². The first-order valence-corrected chi connectivity index (χ1v) is 3.77. The Morgan fingerprint density at radius 3 is 2.45 bits per heavy atom. The third-order valence-electron chi connectivity index (χ3n) is 1.74. The molecular weight excluding hydrogens is 138 g/mol. The topological polar surface area (TPSA) is 35.2 Å². The lowest BCUT2D eigenvalue weighted by atomic mass is 10.1. The standard InChI is InChI=1S/C9H13NO/c1-2-8-5-3-4-6-9(8)7-11-10/h3-6H,2,7,10H2,1H3. The molecule has 0 bridgehead atoms. The number of hydrogen-bond donors (Lipinski definition) is 1. The lowest BCUT2D eigenvalue weighted by molar-refractivity contribution is 0.123. The van der Waals surface area contributed by atoms with Gasteiger partial charge in [-0.1, -0.05) is 31.2 Å². The maximum Gasteiger partial charge on any atom is 0.0932 e. The molecule has 0 spiro atoms. The van der Waals surface area contributed by atoms with Crippen molar-refractivity contribution in [3.63, 3.8) is 0 Å². The molecule has 1 aromatic rings. The van der Waals surface area contributed by atoms with Gasteiger partial charge in [-0.25, -0.2) is 5.90 Å². The molecule has 0 aliphatic rings. The molecule has 0 fully saturated rings. The zero-order valence-corrected chi connectivity index (χ0v) is 6.71. The van der Waals surface area contributed by atoms with Gasteiger partial charge in [0, 0.05) is 0 Å². The van der Waals surface area contributed by atoms with Crippen molar-refractivity contribution in [2.45, 2.75) is 20.0 Å². The van der Waals surface area contributed by atoms with Crippen molar-refractivity contribution in [3.8, 4) is 0 Å². The maximum absolute atomic E-state index is 4.98. The van der Waals surface area contributed by atoms with E-state index in [1.165, 1.54) is 11.1 Å². The highest BCUT2D eigenvalue weighted by molar-refractivity contribution is 5.26. The van der Waals surface area contributed by atoms with Crippen molar-refractivity contribution >= 4 is 0 Å². The van der Waals surface area contributed by atoms with Gasteiger partial charge < -0.3 is 0 Å². The highest BCUT2D eigenvalue weighted by Gasteiger charge is 1.97. The molecular formula is C9H13NO. The van der Waals surface area contributed by atoms with Crippen LogP contribution < -0.4 is 5.90 Å². The minimum Gasteiger partial charge on any atom is -0.300 e. The average molecular weight is 151 g/mol. The van der Waals surface area contributed by atoms with E-state index in [1.54, 1.807) is 0 Å². The minimum atomic E-state index is 0.504. The summed E-state index contributed by atoms with van der Waals surface area (Å²) < 4.78 is 0. The second-order valence-electron chi connectivity index (χ2n) is 2.43. The molecule has 0 amide bonds. The van der Waals surface area contributed by atoms with Crippen molar-refractivity contribution in [3.05, 3.63) is 35.4 Å². The molecule has 1 rings (SSSR count).